The number of hydrogen-bond donors (Lipinski definition) is 2. The first-order valence-electron chi connectivity index (χ1n) is 4.81. The molecule has 2 N–H and O–H groups in total. The number of para-hydroxylation sites is 1. The highest BCUT2D eigenvalue weighted by molar-refractivity contribution is 6.32. The Labute approximate surface area is 101 Å². The van der Waals surface area contributed by atoms with E-state index in [9.17, 15) is 9.59 Å². The van der Waals surface area contributed by atoms with Gasteiger partial charge in [-0.2, -0.15) is 0 Å². The third-order valence-electron chi connectivity index (χ3n) is 2.36. The SMILES string of the molecule is Cc1cccc(Cl)c1-n1[nH]c(C(=O)O)cc1=O. The number of carboxylic acids is 1. The normalized spacial score (nSPS) is 10.5. The molecule has 0 aliphatic carbocycles. The molecule has 2 rings (SSSR count). The molecule has 1 heterocycles. The highest BCUT2D eigenvalue weighted by Crippen LogP contribution is 2.22. The van der Waals surface area contributed by atoms with Crippen molar-refractivity contribution >= 4 is 17.6 Å². The van der Waals surface area contributed by atoms with E-state index < -0.39 is 11.5 Å². The molecular formula is C11H9ClN2O3. The van der Waals surface area contributed by atoms with Crippen molar-refractivity contribution in [3.05, 3.63) is 50.9 Å². The van der Waals surface area contributed by atoms with E-state index in [0.29, 0.717) is 10.7 Å². The minimum atomic E-state index is -1.19. The lowest BCUT2D eigenvalue weighted by Gasteiger charge is -2.07. The van der Waals surface area contributed by atoms with Gasteiger partial charge in [-0.15, -0.1) is 0 Å². The van der Waals surface area contributed by atoms with Gasteiger partial charge in [-0.3, -0.25) is 9.89 Å². The van der Waals surface area contributed by atoms with E-state index in [-0.39, 0.29) is 5.69 Å². The molecule has 17 heavy (non-hydrogen) atoms. The van der Waals surface area contributed by atoms with Gasteiger partial charge < -0.3 is 5.11 Å². The molecule has 0 atom stereocenters. The van der Waals surface area contributed by atoms with Gasteiger partial charge in [0.15, 0.2) is 0 Å². The van der Waals surface area contributed by atoms with Crippen LogP contribution in [0.1, 0.15) is 16.1 Å². The van der Waals surface area contributed by atoms with E-state index >= 15 is 0 Å². The van der Waals surface area contributed by atoms with Crippen LogP contribution in [0.5, 0.6) is 0 Å². The van der Waals surface area contributed by atoms with Gasteiger partial charge in [0.1, 0.15) is 5.69 Å². The van der Waals surface area contributed by atoms with Crippen molar-refractivity contribution in [2.45, 2.75) is 6.92 Å². The smallest absolute Gasteiger partial charge is 0.353 e. The van der Waals surface area contributed by atoms with Gasteiger partial charge in [0.2, 0.25) is 0 Å². The standard InChI is InChI=1S/C11H9ClN2O3/c1-6-3-2-4-7(12)10(6)14-9(15)5-8(13-14)11(16)17/h2-5,13H,1H3,(H,16,17). The van der Waals surface area contributed by atoms with Crippen molar-refractivity contribution in [3.8, 4) is 5.69 Å². The Morgan fingerprint density at radius 1 is 1.47 bits per heavy atom. The molecule has 88 valence electrons. The molecule has 0 fully saturated rings. The number of carbonyl (C=O) groups is 1. The lowest BCUT2D eigenvalue weighted by atomic mass is 10.2. The van der Waals surface area contributed by atoms with Gasteiger partial charge in [-0.05, 0) is 18.6 Å². The molecule has 0 unspecified atom stereocenters. The Hall–Kier alpha value is -2.01. The third-order valence-corrected chi connectivity index (χ3v) is 2.67. The summed E-state index contributed by atoms with van der Waals surface area (Å²) in [6.07, 6.45) is 0. The molecule has 0 saturated carbocycles. The minimum Gasteiger partial charge on any atom is -0.477 e. The summed E-state index contributed by atoms with van der Waals surface area (Å²) in [7, 11) is 0. The summed E-state index contributed by atoms with van der Waals surface area (Å²) < 4.78 is 1.13. The Morgan fingerprint density at radius 3 is 2.71 bits per heavy atom. The summed E-state index contributed by atoms with van der Waals surface area (Å²) >= 11 is 6.00. The molecule has 5 nitrogen and oxygen atoms in total. The first-order valence-corrected chi connectivity index (χ1v) is 5.19. The number of H-pyrrole nitrogens is 1. The number of hydrogen-bond acceptors (Lipinski definition) is 2. The maximum Gasteiger partial charge on any atom is 0.353 e. The predicted octanol–water partition coefficient (Wildman–Crippen LogP) is 1.83. The molecule has 2 aromatic rings. The van der Waals surface area contributed by atoms with Crippen LogP contribution in [0.3, 0.4) is 0 Å². The number of benzene rings is 1. The Balaban J connectivity index is 2.69. The van der Waals surface area contributed by atoms with Crippen molar-refractivity contribution < 1.29 is 9.90 Å². The molecule has 0 amide bonds. The average molecular weight is 253 g/mol. The molecular weight excluding hydrogens is 244 g/mol. The first kappa shape index (κ1) is 11.5. The fourth-order valence-corrected chi connectivity index (χ4v) is 1.88. The molecule has 0 saturated heterocycles. The maximum atomic E-state index is 11.7. The van der Waals surface area contributed by atoms with Crippen molar-refractivity contribution in [3.63, 3.8) is 0 Å². The van der Waals surface area contributed by atoms with Crippen molar-refractivity contribution in [1.29, 1.82) is 0 Å². The monoisotopic (exact) mass is 252 g/mol. The van der Waals surface area contributed by atoms with Gasteiger partial charge in [-0.25, -0.2) is 9.48 Å². The summed E-state index contributed by atoms with van der Waals surface area (Å²) in [4.78, 5) is 22.4. The first-order chi connectivity index (χ1) is 8.00. The van der Waals surface area contributed by atoms with Crippen molar-refractivity contribution in [2.24, 2.45) is 0 Å². The van der Waals surface area contributed by atoms with Crippen LogP contribution < -0.4 is 5.56 Å². The summed E-state index contributed by atoms with van der Waals surface area (Å²) in [5.74, 6) is -1.19. The quantitative estimate of drug-likeness (QED) is 0.856. The Kier molecular flexibility index (Phi) is 2.77. The molecule has 1 aromatic carbocycles. The zero-order chi connectivity index (χ0) is 12.6. The van der Waals surface area contributed by atoms with E-state index in [2.05, 4.69) is 5.10 Å². The number of carboxylic acid groups (broad SMARTS) is 1. The second-order valence-corrected chi connectivity index (χ2v) is 3.96. The number of aryl methyl sites for hydroxylation is 1. The number of nitrogens with zero attached hydrogens (tertiary/aromatic N) is 1. The zero-order valence-corrected chi connectivity index (χ0v) is 9.65. The second kappa shape index (κ2) is 4.10. The third kappa shape index (κ3) is 1.97. The molecule has 6 heteroatoms. The van der Waals surface area contributed by atoms with Crippen LogP contribution in [-0.2, 0) is 0 Å². The van der Waals surface area contributed by atoms with Crippen LogP contribution in [0.4, 0.5) is 0 Å². The van der Waals surface area contributed by atoms with Gasteiger partial charge >= 0.3 is 5.97 Å². The summed E-state index contributed by atoms with van der Waals surface area (Å²) in [6, 6.07) is 6.20. The van der Waals surface area contributed by atoms with Crippen molar-refractivity contribution in [1.82, 2.24) is 9.78 Å². The molecule has 0 aliphatic rings. The van der Waals surface area contributed by atoms with E-state index in [1.807, 2.05) is 0 Å². The highest BCUT2D eigenvalue weighted by atomic mass is 35.5. The molecule has 0 bridgehead atoms. The van der Waals surface area contributed by atoms with Gasteiger partial charge in [-0.1, -0.05) is 23.7 Å². The number of aromatic amines is 1. The summed E-state index contributed by atoms with van der Waals surface area (Å²) in [5.41, 5.74) is 0.609. The number of nitrogens with one attached hydrogen (secondary N) is 1. The zero-order valence-electron chi connectivity index (χ0n) is 8.90. The largest absolute Gasteiger partial charge is 0.477 e. The molecule has 1 aromatic heterocycles. The molecule has 0 aliphatic heterocycles. The van der Waals surface area contributed by atoms with Crippen LogP contribution in [0.25, 0.3) is 5.69 Å². The van der Waals surface area contributed by atoms with Crippen LogP contribution in [0, 0.1) is 6.92 Å². The number of aromatic carboxylic acids is 1. The van der Waals surface area contributed by atoms with Crippen LogP contribution in [-0.4, -0.2) is 20.9 Å². The predicted molar refractivity (Wildman–Crippen MR) is 63.1 cm³/mol. The maximum absolute atomic E-state index is 11.7. The Bertz CT molecular complexity index is 622. The summed E-state index contributed by atoms with van der Waals surface area (Å²) in [5, 5.41) is 11.7. The average Bonchev–Trinajstić information content (AvgIpc) is 2.61. The van der Waals surface area contributed by atoms with Gasteiger partial charge in [0.25, 0.3) is 5.56 Å². The lowest BCUT2D eigenvalue weighted by Crippen LogP contribution is -2.15. The summed E-state index contributed by atoms with van der Waals surface area (Å²) in [6.45, 7) is 1.79. The van der Waals surface area contributed by atoms with Gasteiger partial charge in [0.05, 0.1) is 10.7 Å². The number of rotatable bonds is 2. The van der Waals surface area contributed by atoms with E-state index in [1.165, 1.54) is 0 Å². The molecule has 0 radical (unpaired) electrons. The van der Waals surface area contributed by atoms with E-state index in [4.69, 9.17) is 16.7 Å². The molecule has 0 spiro atoms. The second-order valence-electron chi connectivity index (χ2n) is 3.55. The van der Waals surface area contributed by atoms with Crippen LogP contribution >= 0.6 is 11.6 Å². The van der Waals surface area contributed by atoms with Gasteiger partial charge in [0, 0.05) is 6.07 Å². The minimum absolute atomic E-state index is 0.172. The number of halogens is 1. The highest BCUT2D eigenvalue weighted by Gasteiger charge is 2.13. The van der Waals surface area contributed by atoms with Crippen molar-refractivity contribution in [2.75, 3.05) is 0 Å². The fraction of sp³-hybridized carbons (Fsp3) is 0.0909. The topological polar surface area (TPSA) is 75.1 Å². The van der Waals surface area contributed by atoms with E-state index in [0.717, 1.165) is 16.3 Å². The van der Waals surface area contributed by atoms with Crippen LogP contribution in [0.2, 0.25) is 5.02 Å². The van der Waals surface area contributed by atoms with Crippen LogP contribution in [0.15, 0.2) is 29.1 Å². The lowest BCUT2D eigenvalue weighted by molar-refractivity contribution is 0.0690. The Morgan fingerprint density at radius 2 is 2.18 bits per heavy atom. The van der Waals surface area contributed by atoms with E-state index in [1.54, 1.807) is 25.1 Å². The fourth-order valence-electron chi connectivity index (χ4n) is 1.58. The number of aromatic nitrogens is 2.